The van der Waals surface area contributed by atoms with Crippen LogP contribution in [0.4, 0.5) is 0 Å². The van der Waals surface area contributed by atoms with E-state index >= 15 is 0 Å². The van der Waals surface area contributed by atoms with E-state index in [9.17, 15) is 10.2 Å². The average molecular weight is 336 g/mol. The molecule has 0 bridgehead atoms. The van der Waals surface area contributed by atoms with Gasteiger partial charge < -0.3 is 10.2 Å². The van der Waals surface area contributed by atoms with Gasteiger partial charge in [-0.15, -0.1) is 0 Å². The van der Waals surface area contributed by atoms with Crippen molar-refractivity contribution in [1.82, 2.24) is 0 Å². The first-order chi connectivity index (χ1) is 11.6. The van der Waals surface area contributed by atoms with Crippen molar-refractivity contribution in [3.8, 4) is 5.75 Å². The summed E-state index contributed by atoms with van der Waals surface area (Å²) in [6.45, 7) is 1.77. The highest BCUT2D eigenvalue weighted by Gasteiger charge is 2.11. The Labute approximate surface area is 144 Å². The molecule has 3 aromatic rings. The third-order valence-electron chi connectivity index (χ3n) is 3.99. The van der Waals surface area contributed by atoms with Crippen molar-refractivity contribution in [2.45, 2.75) is 19.4 Å². The number of hydrogen-bond acceptors (Lipinski definition) is 2. The quantitative estimate of drug-likeness (QED) is 0.698. The number of phenolic OH excluding ortho intramolecular Hbond substituents is 1. The lowest BCUT2D eigenvalue weighted by Crippen LogP contribution is -2.12. The van der Waals surface area contributed by atoms with Crippen LogP contribution < -0.4 is 10.6 Å². The van der Waals surface area contributed by atoms with Crippen LogP contribution in [0.3, 0.4) is 0 Å². The van der Waals surface area contributed by atoms with Crippen LogP contribution in [-0.4, -0.2) is 10.2 Å². The molecule has 0 radical (unpaired) electrons. The van der Waals surface area contributed by atoms with Crippen molar-refractivity contribution >= 4 is 19.2 Å². The second-order valence-corrected chi connectivity index (χ2v) is 7.23. The fourth-order valence-corrected chi connectivity index (χ4v) is 4.12. The molecule has 24 heavy (non-hydrogen) atoms. The van der Waals surface area contributed by atoms with Gasteiger partial charge in [-0.05, 0) is 47.5 Å². The molecule has 0 aromatic heterocycles. The molecule has 0 spiro atoms. The lowest BCUT2D eigenvalue weighted by Gasteiger charge is -2.13. The highest BCUT2D eigenvalue weighted by molar-refractivity contribution is 7.55. The first-order valence-corrected chi connectivity index (χ1v) is 9.03. The monoisotopic (exact) mass is 336 g/mol. The van der Waals surface area contributed by atoms with E-state index in [4.69, 9.17) is 0 Å². The molecule has 3 heteroatoms. The Kier molecular flexibility index (Phi) is 5.30. The molecule has 0 aliphatic heterocycles. The Bertz CT molecular complexity index is 813. The van der Waals surface area contributed by atoms with Crippen molar-refractivity contribution in [3.05, 3.63) is 89.5 Å². The van der Waals surface area contributed by atoms with Crippen LogP contribution in [0.15, 0.2) is 72.8 Å². The molecule has 2 N–H and O–H groups in total. The largest absolute Gasteiger partial charge is 0.507 e. The van der Waals surface area contributed by atoms with E-state index in [2.05, 4.69) is 18.2 Å². The molecule has 0 saturated heterocycles. The van der Waals surface area contributed by atoms with Crippen LogP contribution >= 0.6 is 8.58 Å². The molecular formula is C21H21O2P. The molecule has 0 heterocycles. The SMILES string of the molecule is CC(O)c1ccccc1Pc1cc(Cc2ccccc2)ccc1O. The zero-order valence-corrected chi connectivity index (χ0v) is 14.6. The number of benzene rings is 3. The number of phenols is 1. The fraction of sp³-hybridized carbons (Fsp3) is 0.143. The second-order valence-electron chi connectivity index (χ2n) is 5.90. The number of aromatic hydroxyl groups is 1. The Morgan fingerprint density at radius 3 is 2.29 bits per heavy atom. The molecule has 2 nitrogen and oxygen atoms in total. The van der Waals surface area contributed by atoms with Crippen LogP contribution in [0.1, 0.15) is 29.7 Å². The fourth-order valence-electron chi connectivity index (χ4n) is 2.75. The van der Waals surface area contributed by atoms with E-state index in [1.807, 2.05) is 48.5 Å². The Morgan fingerprint density at radius 2 is 1.54 bits per heavy atom. The zero-order chi connectivity index (χ0) is 16.9. The van der Waals surface area contributed by atoms with E-state index in [0.29, 0.717) is 14.3 Å². The maximum absolute atomic E-state index is 10.2. The minimum absolute atomic E-state index is 0.311. The Hall–Kier alpha value is -2.15. The maximum Gasteiger partial charge on any atom is 0.123 e. The lowest BCUT2D eigenvalue weighted by atomic mass is 10.1. The van der Waals surface area contributed by atoms with Crippen LogP contribution in [0.25, 0.3) is 0 Å². The summed E-state index contributed by atoms with van der Waals surface area (Å²) in [4.78, 5) is 0. The lowest BCUT2D eigenvalue weighted by molar-refractivity contribution is 0.200. The van der Waals surface area contributed by atoms with Crippen molar-refractivity contribution in [3.63, 3.8) is 0 Å². The van der Waals surface area contributed by atoms with Gasteiger partial charge in [0.15, 0.2) is 0 Å². The summed E-state index contributed by atoms with van der Waals surface area (Å²) >= 11 is 0. The molecule has 2 atom stereocenters. The maximum atomic E-state index is 10.2. The molecule has 2 unspecified atom stereocenters. The van der Waals surface area contributed by atoms with Gasteiger partial charge in [-0.1, -0.05) is 69.2 Å². The molecule has 0 aliphatic rings. The molecule has 0 fully saturated rings. The number of aliphatic hydroxyl groups excluding tert-OH is 1. The van der Waals surface area contributed by atoms with Gasteiger partial charge >= 0.3 is 0 Å². The summed E-state index contributed by atoms with van der Waals surface area (Å²) in [7, 11) is 0.314. The summed E-state index contributed by atoms with van der Waals surface area (Å²) in [6, 6.07) is 24.0. The first kappa shape index (κ1) is 16.7. The van der Waals surface area contributed by atoms with Crippen molar-refractivity contribution in [1.29, 1.82) is 0 Å². The van der Waals surface area contributed by atoms with Gasteiger partial charge in [0, 0.05) is 5.30 Å². The highest BCUT2D eigenvalue weighted by atomic mass is 31.1. The average Bonchev–Trinajstić information content (AvgIpc) is 2.59. The summed E-state index contributed by atoms with van der Waals surface area (Å²) in [6.07, 6.45) is 0.333. The van der Waals surface area contributed by atoms with Crippen LogP contribution in [0, 0.1) is 0 Å². The minimum Gasteiger partial charge on any atom is -0.507 e. The minimum atomic E-state index is -0.511. The van der Waals surface area contributed by atoms with Gasteiger partial charge in [-0.2, -0.15) is 0 Å². The van der Waals surface area contributed by atoms with Gasteiger partial charge in [-0.25, -0.2) is 0 Å². The van der Waals surface area contributed by atoms with Crippen LogP contribution in [-0.2, 0) is 6.42 Å². The molecule has 3 aromatic carbocycles. The van der Waals surface area contributed by atoms with Crippen molar-refractivity contribution in [2.24, 2.45) is 0 Å². The number of hydrogen-bond donors (Lipinski definition) is 2. The predicted octanol–water partition coefficient (Wildman–Crippen LogP) is 3.67. The van der Waals surface area contributed by atoms with Crippen molar-refractivity contribution in [2.75, 3.05) is 0 Å². The standard InChI is InChI=1S/C21H21O2P/c1-15(22)18-9-5-6-10-20(18)24-21-14-17(11-12-19(21)23)13-16-7-3-2-4-8-16/h2-12,14-15,22-24H,13H2,1H3. The number of rotatable bonds is 5. The van der Waals surface area contributed by atoms with Crippen molar-refractivity contribution < 1.29 is 10.2 Å². The van der Waals surface area contributed by atoms with Gasteiger partial charge in [0.25, 0.3) is 0 Å². The molecule has 0 aliphatic carbocycles. The normalized spacial score (nSPS) is 12.6. The summed E-state index contributed by atoms with van der Waals surface area (Å²) in [5.74, 6) is 0.311. The highest BCUT2D eigenvalue weighted by Crippen LogP contribution is 2.24. The third-order valence-corrected chi connectivity index (χ3v) is 5.39. The second kappa shape index (κ2) is 7.61. The molecule has 0 amide bonds. The van der Waals surface area contributed by atoms with Crippen LogP contribution in [0.5, 0.6) is 5.75 Å². The smallest absolute Gasteiger partial charge is 0.123 e. The summed E-state index contributed by atoms with van der Waals surface area (Å²) < 4.78 is 0. The Balaban J connectivity index is 1.87. The van der Waals surface area contributed by atoms with E-state index in [1.54, 1.807) is 13.0 Å². The van der Waals surface area contributed by atoms with Gasteiger partial charge in [0.05, 0.1) is 6.10 Å². The van der Waals surface area contributed by atoms with E-state index in [-0.39, 0.29) is 0 Å². The third kappa shape index (κ3) is 4.03. The molecule has 122 valence electrons. The predicted molar refractivity (Wildman–Crippen MR) is 102 cm³/mol. The summed E-state index contributed by atoms with van der Waals surface area (Å²) in [5.41, 5.74) is 3.35. The summed E-state index contributed by atoms with van der Waals surface area (Å²) in [5, 5.41) is 22.2. The number of aliphatic hydroxyl groups is 1. The zero-order valence-electron chi connectivity index (χ0n) is 13.6. The van der Waals surface area contributed by atoms with Gasteiger partial charge in [0.2, 0.25) is 0 Å². The topological polar surface area (TPSA) is 40.5 Å². The van der Waals surface area contributed by atoms with Gasteiger partial charge in [-0.3, -0.25) is 0 Å². The molecule has 0 saturated carbocycles. The van der Waals surface area contributed by atoms with Gasteiger partial charge in [0.1, 0.15) is 5.75 Å². The van der Waals surface area contributed by atoms with E-state index in [1.165, 1.54) is 11.1 Å². The van der Waals surface area contributed by atoms with E-state index < -0.39 is 6.10 Å². The van der Waals surface area contributed by atoms with E-state index in [0.717, 1.165) is 22.6 Å². The molecule has 3 rings (SSSR count). The van der Waals surface area contributed by atoms with Crippen LogP contribution in [0.2, 0.25) is 0 Å². The Morgan fingerprint density at radius 1 is 0.833 bits per heavy atom. The first-order valence-electron chi connectivity index (χ1n) is 8.03. The molecular weight excluding hydrogens is 315 g/mol.